The van der Waals surface area contributed by atoms with Crippen LogP contribution in [0.2, 0.25) is 0 Å². The molecule has 1 heterocycles. The van der Waals surface area contributed by atoms with Crippen LogP contribution in [-0.2, 0) is 6.54 Å². The summed E-state index contributed by atoms with van der Waals surface area (Å²) in [5.41, 5.74) is 0.996. The molecule has 0 spiro atoms. The number of ether oxygens (including phenoxy) is 1. The fourth-order valence-corrected chi connectivity index (χ4v) is 2.88. The molecule has 0 radical (unpaired) electrons. The van der Waals surface area contributed by atoms with Crippen LogP contribution in [0.1, 0.15) is 12.5 Å². The molecule has 1 fully saturated rings. The average Bonchev–Trinajstić information content (AvgIpc) is 2.61. The minimum atomic E-state index is -4.19. The van der Waals surface area contributed by atoms with Gasteiger partial charge >= 0.3 is 6.18 Å². The summed E-state index contributed by atoms with van der Waals surface area (Å²) in [6, 6.07) is 6.26. The van der Waals surface area contributed by atoms with Crippen LogP contribution in [-0.4, -0.2) is 68.3 Å². The maximum absolute atomic E-state index is 12.8. The van der Waals surface area contributed by atoms with Crippen LogP contribution >= 0.6 is 24.0 Å². The molecule has 1 aromatic carbocycles. The number of halogens is 4. The van der Waals surface area contributed by atoms with Crippen LogP contribution in [0.3, 0.4) is 0 Å². The molecule has 2 rings (SSSR count). The van der Waals surface area contributed by atoms with E-state index in [1.54, 1.807) is 14.2 Å². The number of rotatable bonds is 4. The van der Waals surface area contributed by atoms with Crippen molar-refractivity contribution in [3.8, 4) is 5.75 Å². The predicted octanol–water partition coefficient (Wildman–Crippen LogP) is 2.96. The standard InChI is InChI=1S/C17H25F3N4O.HI/c1-13(17(18,19)20)23-8-10-24(11-9-23)16(21-2)22-12-14-6-4-5-7-15(14)25-3;/h4-7,13H,8-12H2,1-3H3,(H,21,22);1H. The fourth-order valence-electron chi connectivity index (χ4n) is 2.88. The second-order valence-corrected chi connectivity index (χ2v) is 5.95. The summed E-state index contributed by atoms with van der Waals surface area (Å²) in [6.45, 7) is 3.48. The van der Waals surface area contributed by atoms with Gasteiger partial charge in [-0.25, -0.2) is 0 Å². The molecule has 1 aliphatic heterocycles. The maximum Gasteiger partial charge on any atom is 0.403 e. The summed E-state index contributed by atoms with van der Waals surface area (Å²) < 4.78 is 43.8. The molecule has 148 valence electrons. The van der Waals surface area contributed by atoms with Crippen molar-refractivity contribution in [1.29, 1.82) is 0 Å². The quantitative estimate of drug-likeness (QED) is 0.404. The normalized spacial score (nSPS) is 17.5. The first-order valence-corrected chi connectivity index (χ1v) is 8.25. The van der Waals surface area contributed by atoms with Crippen molar-refractivity contribution >= 4 is 29.9 Å². The lowest BCUT2D eigenvalue weighted by Gasteiger charge is -2.39. The molecule has 1 N–H and O–H groups in total. The molecule has 0 bridgehead atoms. The molecular formula is C17H26F3IN4O. The molecular weight excluding hydrogens is 460 g/mol. The highest BCUT2D eigenvalue weighted by molar-refractivity contribution is 14.0. The largest absolute Gasteiger partial charge is 0.496 e. The molecule has 9 heteroatoms. The van der Waals surface area contributed by atoms with Crippen LogP contribution in [0, 0.1) is 0 Å². The molecule has 0 aromatic heterocycles. The van der Waals surface area contributed by atoms with Gasteiger partial charge in [0.1, 0.15) is 11.8 Å². The van der Waals surface area contributed by atoms with E-state index in [9.17, 15) is 13.2 Å². The summed E-state index contributed by atoms with van der Waals surface area (Å²) >= 11 is 0. The summed E-state index contributed by atoms with van der Waals surface area (Å²) in [4.78, 5) is 7.69. The molecule has 0 saturated carbocycles. The first-order chi connectivity index (χ1) is 11.9. The Kier molecular flexibility index (Phi) is 8.94. The van der Waals surface area contributed by atoms with Gasteiger partial charge in [-0.05, 0) is 13.0 Å². The van der Waals surface area contributed by atoms with Crippen molar-refractivity contribution < 1.29 is 17.9 Å². The highest BCUT2D eigenvalue weighted by Gasteiger charge is 2.41. The van der Waals surface area contributed by atoms with Crippen LogP contribution in [0.15, 0.2) is 29.3 Å². The van der Waals surface area contributed by atoms with Crippen molar-refractivity contribution in [2.75, 3.05) is 40.3 Å². The number of nitrogens with zero attached hydrogens (tertiary/aromatic N) is 3. The molecule has 0 aliphatic carbocycles. The van der Waals surface area contributed by atoms with Crippen LogP contribution in [0.4, 0.5) is 13.2 Å². The van der Waals surface area contributed by atoms with Crippen LogP contribution in [0.5, 0.6) is 5.75 Å². The van der Waals surface area contributed by atoms with Gasteiger partial charge in [-0.3, -0.25) is 9.89 Å². The van der Waals surface area contributed by atoms with Gasteiger partial charge in [0, 0.05) is 45.3 Å². The van der Waals surface area contributed by atoms with Gasteiger partial charge in [0.05, 0.1) is 7.11 Å². The first kappa shape index (κ1) is 22.8. The molecule has 1 aromatic rings. The first-order valence-electron chi connectivity index (χ1n) is 8.25. The Bertz CT molecular complexity index is 590. The zero-order valence-electron chi connectivity index (χ0n) is 15.2. The number of hydrogen-bond donors (Lipinski definition) is 1. The van der Waals surface area contributed by atoms with Gasteiger partial charge in [-0.15, -0.1) is 24.0 Å². The summed E-state index contributed by atoms with van der Waals surface area (Å²) in [5.74, 6) is 1.47. The predicted molar refractivity (Wildman–Crippen MR) is 107 cm³/mol. The van der Waals surface area contributed by atoms with Crippen LogP contribution < -0.4 is 10.1 Å². The highest BCUT2D eigenvalue weighted by atomic mass is 127. The van der Waals surface area contributed by atoms with Crippen molar-refractivity contribution in [1.82, 2.24) is 15.1 Å². The smallest absolute Gasteiger partial charge is 0.403 e. The number of benzene rings is 1. The van der Waals surface area contributed by atoms with E-state index in [0.717, 1.165) is 11.3 Å². The summed E-state index contributed by atoms with van der Waals surface area (Å²) in [7, 11) is 3.30. The van der Waals surface area contributed by atoms with Gasteiger partial charge in [0.25, 0.3) is 0 Å². The lowest BCUT2D eigenvalue weighted by atomic mass is 10.2. The van der Waals surface area contributed by atoms with E-state index < -0.39 is 12.2 Å². The van der Waals surface area contributed by atoms with E-state index in [0.29, 0.717) is 38.7 Å². The van der Waals surface area contributed by atoms with Crippen molar-refractivity contribution in [2.24, 2.45) is 4.99 Å². The number of aliphatic imine (C=N–C) groups is 1. The number of para-hydroxylation sites is 1. The lowest BCUT2D eigenvalue weighted by Crippen LogP contribution is -2.56. The monoisotopic (exact) mass is 486 g/mol. The van der Waals surface area contributed by atoms with E-state index in [2.05, 4.69) is 10.3 Å². The zero-order valence-corrected chi connectivity index (χ0v) is 17.5. The second kappa shape index (κ2) is 10.2. The maximum atomic E-state index is 12.8. The van der Waals surface area contributed by atoms with Crippen molar-refractivity contribution in [3.63, 3.8) is 0 Å². The topological polar surface area (TPSA) is 40.1 Å². The Labute approximate surface area is 169 Å². The molecule has 5 nitrogen and oxygen atoms in total. The number of guanidine groups is 1. The van der Waals surface area contributed by atoms with Crippen molar-refractivity contribution in [3.05, 3.63) is 29.8 Å². The third-order valence-electron chi connectivity index (χ3n) is 4.48. The number of nitrogens with one attached hydrogen (secondary N) is 1. The molecule has 1 aliphatic rings. The Morgan fingerprint density at radius 1 is 1.23 bits per heavy atom. The molecule has 0 amide bonds. The molecule has 26 heavy (non-hydrogen) atoms. The van der Waals surface area contributed by atoms with Crippen LogP contribution in [0.25, 0.3) is 0 Å². The Balaban J connectivity index is 0.00000338. The number of hydrogen-bond acceptors (Lipinski definition) is 3. The van der Waals surface area contributed by atoms with E-state index in [1.807, 2.05) is 29.2 Å². The lowest BCUT2D eigenvalue weighted by molar-refractivity contribution is -0.181. The molecule has 1 atom stereocenters. The van der Waals surface area contributed by atoms with E-state index >= 15 is 0 Å². The number of methoxy groups -OCH3 is 1. The minimum absolute atomic E-state index is 0. The SMILES string of the molecule is CN=C(NCc1ccccc1OC)N1CCN(C(C)C(F)(F)F)CC1.I. The Hall–Kier alpha value is -1.23. The van der Waals surface area contributed by atoms with Crippen molar-refractivity contribution in [2.45, 2.75) is 25.7 Å². The van der Waals surface area contributed by atoms with E-state index in [-0.39, 0.29) is 24.0 Å². The third kappa shape index (κ3) is 5.90. The third-order valence-corrected chi connectivity index (χ3v) is 4.48. The zero-order chi connectivity index (χ0) is 18.4. The Morgan fingerprint density at radius 2 is 1.85 bits per heavy atom. The summed E-state index contributed by atoms with van der Waals surface area (Å²) in [6.07, 6.45) is -4.19. The average molecular weight is 486 g/mol. The molecule has 1 saturated heterocycles. The van der Waals surface area contributed by atoms with Gasteiger partial charge in [0.2, 0.25) is 0 Å². The van der Waals surface area contributed by atoms with Gasteiger partial charge in [-0.2, -0.15) is 13.2 Å². The van der Waals surface area contributed by atoms with Gasteiger partial charge in [-0.1, -0.05) is 18.2 Å². The van der Waals surface area contributed by atoms with E-state index in [1.165, 1.54) is 11.8 Å². The fraction of sp³-hybridized carbons (Fsp3) is 0.588. The second-order valence-electron chi connectivity index (χ2n) is 5.95. The Morgan fingerprint density at radius 3 is 2.38 bits per heavy atom. The highest BCUT2D eigenvalue weighted by Crippen LogP contribution is 2.25. The minimum Gasteiger partial charge on any atom is -0.496 e. The van der Waals surface area contributed by atoms with Gasteiger partial charge in [0.15, 0.2) is 5.96 Å². The summed E-state index contributed by atoms with van der Waals surface area (Å²) in [5, 5.41) is 3.26. The molecule has 1 unspecified atom stereocenters. The van der Waals surface area contributed by atoms with E-state index in [4.69, 9.17) is 4.74 Å². The number of piperazine rings is 1. The van der Waals surface area contributed by atoms with Gasteiger partial charge < -0.3 is 15.0 Å². The number of alkyl halides is 3.